The van der Waals surface area contributed by atoms with Crippen molar-refractivity contribution in [1.82, 2.24) is 0 Å². The van der Waals surface area contributed by atoms with Crippen LogP contribution in [0, 0.1) is 52.4 Å². The van der Waals surface area contributed by atoms with Crippen LogP contribution in [0.4, 0.5) is 56.6 Å². The van der Waals surface area contributed by atoms with Gasteiger partial charge < -0.3 is 10.0 Å². The van der Waals surface area contributed by atoms with Crippen molar-refractivity contribution in [3.63, 3.8) is 0 Å². The number of hydrogen-bond donors (Lipinski definition) is 1. The maximum absolute atomic E-state index is 15.4. The Hall–Kier alpha value is -5.86. The van der Waals surface area contributed by atoms with Gasteiger partial charge in [-0.1, -0.05) is 36.4 Å². The van der Waals surface area contributed by atoms with Crippen LogP contribution in [0.15, 0.2) is 71.4 Å². The molecule has 250 valence electrons. The molecule has 1 amide bonds. The van der Waals surface area contributed by atoms with Crippen molar-refractivity contribution in [1.29, 1.82) is 0 Å². The number of nitrogens with zero attached hydrogens (tertiary/aromatic N) is 3. The quantitative estimate of drug-likeness (QED) is 0.0963. The van der Waals surface area contributed by atoms with Crippen molar-refractivity contribution < 1.29 is 54.2 Å². The zero-order valence-electron chi connectivity index (χ0n) is 24.5. The number of hydrogen-bond acceptors (Lipinski definition) is 4. The molecule has 4 aromatic carbocycles. The minimum Gasteiger partial charge on any atom is -0.476 e. The van der Waals surface area contributed by atoms with Gasteiger partial charge in [0.05, 0.1) is 22.4 Å². The standard InChI is InChI=1S/C34H18F9N3O3/c35-22-20(23(36)27(40)28(41)26(22)39)21-24(37)29(42)32(30(43)25(21)38)45-13-5-7-16-14-15(11-12-19(16)45)6-4-10-18-31(34(48)49)44-46(33(18)47)17-8-2-1-3-9-17/h1-4,6,8-12,14H,5,7,13H2,(H,48,49)/b6-4+,18-10-. The van der Waals surface area contributed by atoms with E-state index < -0.39 is 86.8 Å². The van der Waals surface area contributed by atoms with Crippen LogP contribution < -0.4 is 9.91 Å². The van der Waals surface area contributed by atoms with Crippen molar-refractivity contribution in [3.8, 4) is 11.1 Å². The number of carboxylic acid groups (broad SMARTS) is 1. The molecule has 4 aromatic rings. The normalized spacial score (nSPS) is 15.4. The van der Waals surface area contributed by atoms with E-state index in [0.717, 1.165) is 9.91 Å². The predicted octanol–water partition coefficient (Wildman–Crippen LogP) is 8.12. The lowest BCUT2D eigenvalue weighted by molar-refractivity contribution is -0.129. The van der Waals surface area contributed by atoms with Gasteiger partial charge >= 0.3 is 5.97 Å². The topological polar surface area (TPSA) is 73.2 Å². The highest BCUT2D eigenvalue weighted by molar-refractivity contribution is 6.52. The van der Waals surface area contributed by atoms with Crippen LogP contribution in [-0.4, -0.2) is 29.2 Å². The lowest BCUT2D eigenvalue weighted by Crippen LogP contribution is -2.27. The summed E-state index contributed by atoms with van der Waals surface area (Å²) < 4.78 is 131. The highest BCUT2D eigenvalue weighted by Gasteiger charge is 2.37. The van der Waals surface area contributed by atoms with Crippen LogP contribution in [0.1, 0.15) is 17.5 Å². The minimum absolute atomic E-state index is 0.0899. The summed E-state index contributed by atoms with van der Waals surface area (Å²) in [6.07, 6.45) is 4.64. The molecule has 0 saturated carbocycles. The summed E-state index contributed by atoms with van der Waals surface area (Å²) in [5.41, 5.74) is -4.93. The lowest BCUT2D eigenvalue weighted by atomic mass is 9.96. The number of aliphatic carboxylic acids is 1. The number of carbonyl (C=O) groups excluding carboxylic acids is 1. The van der Waals surface area contributed by atoms with Gasteiger partial charge in [-0.05, 0) is 54.3 Å². The molecule has 2 heterocycles. The second-order valence-electron chi connectivity index (χ2n) is 10.7. The largest absolute Gasteiger partial charge is 0.476 e. The van der Waals surface area contributed by atoms with Gasteiger partial charge in [-0.25, -0.2) is 44.3 Å². The fourth-order valence-electron chi connectivity index (χ4n) is 5.58. The molecule has 0 fully saturated rings. The van der Waals surface area contributed by atoms with E-state index in [1.165, 1.54) is 30.4 Å². The van der Waals surface area contributed by atoms with Gasteiger partial charge in [0, 0.05) is 12.2 Å². The molecule has 6 nitrogen and oxygen atoms in total. The number of allylic oxidation sites excluding steroid dienone is 2. The van der Waals surface area contributed by atoms with Crippen molar-refractivity contribution in [2.24, 2.45) is 5.10 Å². The van der Waals surface area contributed by atoms with Crippen LogP contribution in [0.2, 0.25) is 0 Å². The summed E-state index contributed by atoms with van der Waals surface area (Å²) in [5, 5.41) is 14.4. The molecule has 0 spiro atoms. The smallest absolute Gasteiger partial charge is 0.357 e. The highest BCUT2D eigenvalue weighted by Crippen LogP contribution is 2.43. The first-order valence-corrected chi connectivity index (χ1v) is 14.2. The molecule has 0 radical (unpaired) electrons. The molecule has 6 rings (SSSR count). The molecule has 0 aromatic heterocycles. The number of aryl methyl sites for hydroxylation is 1. The van der Waals surface area contributed by atoms with Gasteiger partial charge in [-0.2, -0.15) is 10.1 Å². The summed E-state index contributed by atoms with van der Waals surface area (Å²) in [4.78, 5) is 25.6. The summed E-state index contributed by atoms with van der Waals surface area (Å²) in [6.45, 7) is -0.180. The maximum Gasteiger partial charge on any atom is 0.357 e. The summed E-state index contributed by atoms with van der Waals surface area (Å²) >= 11 is 0. The predicted molar refractivity (Wildman–Crippen MR) is 159 cm³/mol. The molecule has 49 heavy (non-hydrogen) atoms. The summed E-state index contributed by atoms with van der Waals surface area (Å²) in [5.74, 6) is -24.3. The Bertz CT molecular complexity index is 2110. The van der Waals surface area contributed by atoms with Crippen molar-refractivity contribution >= 4 is 40.7 Å². The van der Waals surface area contributed by atoms with Gasteiger partial charge in [-0.3, -0.25) is 4.79 Å². The number of amides is 1. The third-order valence-electron chi connectivity index (χ3n) is 7.82. The fourth-order valence-corrected chi connectivity index (χ4v) is 5.58. The average molecular weight is 688 g/mol. The molecule has 0 aliphatic carbocycles. The second kappa shape index (κ2) is 12.6. The molecular formula is C34H18F9N3O3. The van der Waals surface area contributed by atoms with Gasteiger partial charge in [0.15, 0.2) is 52.2 Å². The SMILES string of the molecule is O=C(O)C1=NN(c2ccccc2)C(=O)/C1=C\C=C\c1ccc2c(c1)CCCN2c1c(F)c(F)c(-c2c(F)c(F)c(F)c(F)c2F)c(F)c1F. The Morgan fingerprint density at radius 3 is 1.92 bits per heavy atom. The number of hydrazone groups is 1. The van der Waals surface area contributed by atoms with Crippen molar-refractivity contribution in [2.75, 3.05) is 16.5 Å². The molecule has 0 bridgehead atoms. The number of rotatable bonds is 6. The van der Waals surface area contributed by atoms with Gasteiger partial charge in [0.2, 0.25) is 5.82 Å². The number of para-hydroxylation sites is 1. The molecule has 2 aliphatic rings. The first-order chi connectivity index (χ1) is 23.3. The van der Waals surface area contributed by atoms with E-state index in [2.05, 4.69) is 5.10 Å². The summed E-state index contributed by atoms with van der Waals surface area (Å²) in [7, 11) is 0. The van der Waals surface area contributed by atoms with E-state index in [9.17, 15) is 36.6 Å². The molecule has 0 atom stereocenters. The highest BCUT2D eigenvalue weighted by atomic mass is 19.2. The number of carboxylic acids is 1. The number of carbonyl (C=O) groups is 2. The van der Waals surface area contributed by atoms with E-state index in [-0.39, 0.29) is 24.2 Å². The molecule has 15 heteroatoms. The Morgan fingerprint density at radius 2 is 1.33 bits per heavy atom. The molecular weight excluding hydrogens is 669 g/mol. The minimum atomic E-state index is -2.65. The molecule has 1 N–H and O–H groups in total. The van der Waals surface area contributed by atoms with E-state index >= 15 is 17.6 Å². The number of halogens is 9. The molecule has 0 unspecified atom stereocenters. The van der Waals surface area contributed by atoms with Gasteiger partial charge in [0.25, 0.3) is 5.91 Å². The van der Waals surface area contributed by atoms with Crippen LogP contribution in [0.5, 0.6) is 0 Å². The Balaban J connectivity index is 1.33. The van der Waals surface area contributed by atoms with Crippen molar-refractivity contribution in [2.45, 2.75) is 12.8 Å². The summed E-state index contributed by atoms with van der Waals surface area (Å²) in [6, 6.07) is 12.5. The van der Waals surface area contributed by atoms with Crippen molar-refractivity contribution in [3.05, 3.63) is 130 Å². The van der Waals surface area contributed by atoms with E-state index in [4.69, 9.17) is 0 Å². The zero-order valence-corrected chi connectivity index (χ0v) is 24.5. The first kappa shape index (κ1) is 33.1. The number of fused-ring (bicyclic) bond motifs is 1. The van der Waals surface area contributed by atoms with Crippen LogP contribution >= 0.6 is 0 Å². The zero-order chi connectivity index (χ0) is 35.3. The van der Waals surface area contributed by atoms with E-state index in [1.807, 2.05) is 0 Å². The lowest BCUT2D eigenvalue weighted by Gasteiger charge is -2.32. The first-order valence-electron chi connectivity index (χ1n) is 14.2. The second-order valence-corrected chi connectivity index (χ2v) is 10.7. The van der Waals surface area contributed by atoms with E-state index in [0.29, 0.717) is 23.2 Å². The Morgan fingerprint density at radius 1 is 0.755 bits per heavy atom. The monoisotopic (exact) mass is 687 g/mol. The van der Waals surface area contributed by atoms with E-state index in [1.54, 1.807) is 36.4 Å². The maximum atomic E-state index is 15.4. The van der Waals surface area contributed by atoms with Gasteiger partial charge in [0.1, 0.15) is 5.69 Å². The fraction of sp³-hybridized carbons (Fsp3) is 0.0882. The number of anilines is 3. The Kier molecular flexibility index (Phi) is 8.52. The van der Waals surface area contributed by atoms with Gasteiger partial charge in [-0.15, -0.1) is 0 Å². The molecule has 2 aliphatic heterocycles. The van der Waals surface area contributed by atoms with Crippen LogP contribution in [0.25, 0.3) is 17.2 Å². The van der Waals surface area contributed by atoms with Crippen LogP contribution in [-0.2, 0) is 16.0 Å². The third-order valence-corrected chi connectivity index (χ3v) is 7.82. The van der Waals surface area contributed by atoms with Crippen LogP contribution in [0.3, 0.4) is 0 Å². The molecule has 0 saturated heterocycles. The third kappa shape index (κ3) is 5.50. The number of benzene rings is 4. The Labute approximate surface area is 270 Å². The average Bonchev–Trinajstić information content (AvgIpc) is 3.43.